The number of aromatic amines is 1. The summed E-state index contributed by atoms with van der Waals surface area (Å²) >= 11 is 6.45. The van der Waals surface area contributed by atoms with Crippen molar-refractivity contribution in [2.75, 3.05) is 42.3 Å². The molecule has 2 atom stereocenters. The number of rotatable bonds is 13. The Balaban J connectivity index is 1.88. The van der Waals surface area contributed by atoms with Crippen LogP contribution in [0.2, 0.25) is 5.02 Å². The molecule has 34 heavy (non-hydrogen) atoms. The van der Waals surface area contributed by atoms with Gasteiger partial charge in [-0.2, -0.15) is 9.97 Å². The fraction of sp³-hybridized carbons (Fsp3) is 0.421. The Labute approximate surface area is 198 Å². The van der Waals surface area contributed by atoms with Crippen molar-refractivity contribution in [2.45, 2.75) is 25.5 Å². The topological polar surface area (TPSA) is 186 Å². The molecule has 15 heteroatoms. The maximum atomic E-state index is 13.2. The average Bonchev–Trinajstić information content (AvgIpc) is 3.29. The number of ether oxygens (including phenoxy) is 1. The molecule has 0 aliphatic heterocycles. The Bertz CT molecular complexity index is 1060. The monoisotopic (exact) mass is 497 g/mol. The standard InChI is InChI=1S/C19H25ClFN9O4/c1-2-3-34-14-4-13(29-30-14)26-18-15(20)17(24-7-11(33)8-31)27-19(28-18)25-12(9-32)16-22-5-10(21)6-23-16/h4-6,11-12,31-33H,2-3,7-9H2,1H3,(H4,24,25,26,27,28,29,30)/t11-,12+/m1/s1. The van der Waals surface area contributed by atoms with Crippen molar-refractivity contribution in [2.24, 2.45) is 0 Å². The molecule has 0 aliphatic carbocycles. The molecule has 0 saturated heterocycles. The van der Waals surface area contributed by atoms with E-state index in [1.807, 2.05) is 6.92 Å². The van der Waals surface area contributed by atoms with E-state index >= 15 is 0 Å². The summed E-state index contributed by atoms with van der Waals surface area (Å²) in [6.07, 6.45) is 1.72. The van der Waals surface area contributed by atoms with Crippen molar-refractivity contribution >= 4 is 35.0 Å². The first-order valence-electron chi connectivity index (χ1n) is 10.3. The normalized spacial score (nSPS) is 12.8. The molecule has 0 aliphatic rings. The van der Waals surface area contributed by atoms with Crippen molar-refractivity contribution in [1.29, 1.82) is 0 Å². The minimum atomic E-state index is -1.05. The van der Waals surface area contributed by atoms with Crippen molar-refractivity contribution in [3.8, 4) is 5.88 Å². The summed E-state index contributed by atoms with van der Waals surface area (Å²) in [5.41, 5.74) is 0. The molecule has 3 aromatic heterocycles. The first kappa shape index (κ1) is 25.3. The van der Waals surface area contributed by atoms with Crippen LogP contribution < -0.4 is 20.7 Å². The van der Waals surface area contributed by atoms with Crippen molar-refractivity contribution in [3.63, 3.8) is 0 Å². The third-order valence-electron chi connectivity index (χ3n) is 4.27. The van der Waals surface area contributed by atoms with Crippen molar-refractivity contribution in [3.05, 3.63) is 35.1 Å². The Morgan fingerprint density at radius 1 is 1.18 bits per heavy atom. The molecule has 3 rings (SSSR count). The average molecular weight is 498 g/mol. The number of aliphatic hydroxyl groups is 3. The van der Waals surface area contributed by atoms with Gasteiger partial charge < -0.3 is 36.0 Å². The lowest BCUT2D eigenvalue weighted by Gasteiger charge is -2.18. The van der Waals surface area contributed by atoms with Crippen LogP contribution in [-0.2, 0) is 0 Å². The summed E-state index contributed by atoms with van der Waals surface area (Å²) < 4.78 is 18.6. The molecule has 0 radical (unpaired) electrons. The molecule has 3 heterocycles. The van der Waals surface area contributed by atoms with Crippen LogP contribution in [0.25, 0.3) is 0 Å². The van der Waals surface area contributed by atoms with E-state index in [0.717, 1.165) is 18.8 Å². The first-order chi connectivity index (χ1) is 16.4. The highest BCUT2D eigenvalue weighted by Gasteiger charge is 2.19. The molecule has 0 amide bonds. The fourth-order valence-corrected chi connectivity index (χ4v) is 2.81. The van der Waals surface area contributed by atoms with E-state index in [2.05, 4.69) is 46.1 Å². The van der Waals surface area contributed by atoms with E-state index in [4.69, 9.17) is 21.4 Å². The number of halogens is 2. The first-order valence-corrected chi connectivity index (χ1v) is 10.7. The van der Waals surface area contributed by atoms with Crippen LogP contribution in [0.1, 0.15) is 25.2 Å². The Morgan fingerprint density at radius 2 is 1.91 bits per heavy atom. The van der Waals surface area contributed by atoms with Gasteiger partial charge in [-0.05, 0) is 6.42 Å². The van der Waals surface area contributed by atoms with Gasteiger partial charge in [0.15, 0.2) is 23.3 Å². The summed E-state index contributed by atoms with van der Waals surface area (Å²) in [5.74, 6) is 0.613. The predicted octanol–water partition coefficient (Wildman–Crippen LogP) is 1.23. The Kier molecular flexibility index (Phi) is 9.09. The van der Waals surface area contributed by atoms with E-state index < -0.39 is 31.2 Å². The molecule has 13 nitrogen and oxygen atoms in total. The highest BCUT2D eigenvalue weighted by molar-refractivity contribution is 6.35. The minimum Gasteiger partial charge on any atom is -0.477 e. The second-order valence-corrected chi connectivity index (χ2v) is 7.39. The molecule has 3 aromatic rings. The van der Waals surface area contributed by atoms with E-state index in [-0.39, 0.29) is 35.0 Å². The van der Waals surface area contributed by atoms with Gasteiger partial charge in [-0.3, -0.25) is 5.10 Å². The fourth-order valence-electron chi connectivity index (χ4n) is 2.62. The number of hydrogen-bond donors (Lipinski definition) is 7. The highest BCUT2D eigenvalue weighted by atomic mass is 35.5. The molecular weight excluding hydrogens is 473 g/mol. The number of nitrogens with zero attached hydrogens (tertiary/aromatic N) is 5. The summed E-state index contributed by atoms with van der Waals surface area (Å²) in [5, 5.41) is 44.1. The minimum absolute atomic E-state index is 0.0156. The van der Waals surface area contributed by atoms with Crippen molar-refractivity contribution < 1.29 is 24.4 Å². The van der Waals surface area contributed by atoms with E-state index in [1.165, 1.54) is 0 Å². The Morgan fingerprint density at radius 3 is 2.59 bits per heavy atom. The maximum Gasteiger partial charge on any atom is 0.234 e. The number of hydrogen-bond acceptors (Lipinski definition) is 12. The van der Waals surface area contributed by atoms with Crippen molar-refractivity contribution in [1.82, 2.24) is 30.1 Å². The number of H-pyrrole nitrogens is 1. The van der Waals surface area contributed by atoms with Crippen LogP contribution in [-0.4, -0.2) is 77.9 Å². The zero-order valence-corrected chi connectivity index (χ0v) is 18.9. The number of aromatic nitrogens is 6. The molecule has 0 saturated carbocycles. The van der Waals surface area contributed by atoms with Crippen LogP contribution in [0.5, 0.6) is 5.88 Å². The smallest absolute Gasteiger partial charge is 0.234 e. The summed E-state index contributed by atoms with van der Waals surface area (Å²) in [6.45, 7) is 1.53. The second kappa shape index (κ2) is 12.2. The van der Waals surface area contributed by atoms with Crippen LogP contribution in [0, 0.1) is 5.82 Å². The largest absolute Gasteiger partial charge is 0.477 e. The maximum absolute atomic E-state index is 13.2. The van der Waals surface area contributed by atoms with Gasteiger partial charge in [0.1, 0.15) is 16.9 Å². The van der Waals surface area contributed by atoms with Gasteiger partial charge in [0, 0.05) is 12.6 Å². The van der Waals surface area contributed by atoms with Gasteiger partial charge in [-0.1, -0.05) is 18.5 Å². The molecule has 7 N–H and O–H groups in total. The zero-order chi connectivity index (χ0) is 24.5. The molecule has 0 spiro atoms. The lowest BCUT2D eigenvalue weighted by atomic mass is 10.3. The number of anilines is 4. The summed E-state index contributed by atoms with van der Waals surface area (Å²) in [4.78, 5) is 16.3. The quantitative estimate of drug-likeness (QED) is 0.179. The van der Waals surface area contributed by atoms with E-state index in [9.17, 15) is 14.6 Å². The number of aliphatic hydroxyl groups excluding tert-OH is 3. The molecular formula is C19H25ClFN9O4. The number of nitrogens with one attached hydrogen (secondary N) is 4. The van der Waals surface area contributed by atoms with Gasteiger partial charge in [0.2, 0.25) is 11.8 Å². The predicted molar refractivity (Wildman–Crippen MR) is 122 cm³/mol. The van der Waals surface area contributed by atoms with Crippen LogP contribution >= 0.6 is 11.6 Å². The molecule has 0 fully saturated rings. The van der Waals surface area contributed by atoms with Crippen LogP contribution in [0.3, 0.4) is 0 Å². The van der Waals surface area contributed by atoms with E-state index in [1.54, 1.807) is 6.07 Å². The third-order valence-corrected chi connectivity index (χ3v) is 4.62. The van der Waals surface area contributed by atoms with E-state index in [0.29, 0.717) is 18.3 Å². The lowest BCUT2D eigenvalue weighted by Crippen LogP contribution is -2.24. The Hall–Kier alpha value is -3.33. The van der Waals surface area contributed by atoms with Gasteiger partial charge in [-0.15, -0.1) is 5.10 Å². The van der Waals surface area contributed by atoms with Gasteiger partial charge in [-0.25, -0.2) is 14.4 Å². The lowest BCUT2D eigenvalue weighted by molar-refractivity contribution is 0.105. The van der Waals surface area contributed by atoms with Gasteiger partial charge in [0.25, 0.3) is 0 Å². The zero-order valence-electron chi connectivity index (χ0n) is 18.2. The molecule has 0 unspecified atom stereocenters. The molecule has 0 bridgehead atoms. The third kappa shape index (κ3) is 6.84. The SMILES string of the molecule is CCCOc1cc(Nc2nc(N[C@@H](CO)c3ncc(F)cn3)nc(NC[C@@H](O)CO)c2Cl)[nH]n1. The second-order valence-electron chi connectivity index (χ2n) is 7.01. The summed E-state index contributed by atoms with van der Waals surface area (Å²) in [7, 11) is 0. The van der Waals surface area contributed by atoms with Gasteiger partial charge >= 0.3 is 0 Å². The molecule has 184 valence electrons. The summed E-state index contributed by atoms with van der Waals surface area (Å²) in [6, 6.07) is 0.763. The van der Waals surface area contributed by atoms with Crippen LogP contribution in [0.15, 0.2) is 18.5 Å². The van der Waals surface area contributed by atoms with Gasteiger partial charge in [0.05, 0.1) is 38.3 Å². The highest BCUT2D eigenvalue weighted by Crippen LogP contribution is 2.31. The molecule has 0 aromatic carbocycles. The van der Waals surface area contributed by atoms with Crippen LogP contribution in [0.4, 0.5) is 27.8 Å².